The van der Waals surface area contributed by atoms with Crippen LogP contribution in [0.4, 0.5) is 14.9 Å². The minimum atomic E-state index is -3.88. The summed E-state index contributed by atoms with van der Waals surface area (Å²) in [5.41, 5.74) is 0.672. The zero-order valence-corrected chi connectivity index (χ0v) is 23.0. The van der Waals surface area contributed by atoms with Crippen LogP contribution in [0.3, 0.4) is 0 Å². The first-order chi connectivity index (χ1) is 19.0. The van der Waals surface area contributed by atoms with Crippen molar-refractivity contribution < 1.29 is 32.0 Å². The lowest BCUT2D eigenvalue weighted by atomic mass is 9.94. The Kier molecular flexibility index (Phi) is 8.05. The molecular formula is C27H29ClFN3O7S. The molecule has 3 aliphatic rings. The standard InChI is InChI=1S/C20H21ClFN3O4.C7H8O3S/c21-16-17-12(19(26)15(29-20(27)28)9-25(17)11-3-4-11)6-13(22)18(16)24-7-10-2-1-5-23-14(10)8-24;8-11(9,10)6-7-4-2-1-3-5-7/h6,9-11,14,23H,1-5,7-8H2,(H,27,28);1-5H,6H2,(H,8,9,10)/t10-,14+;/m0./s1. The van der Waals surface area contributed by atoms with Gasteiger partial charge in [-0.25, -0.2) is 9.18 Å². The number of fused-ring (bicyclic) bond motifs is 2. The van der Waals surface area contributed by atoms with Crippen LogP contribution in [0.1, 0.15) is 37.3 Å². The van der Waals surface area contributed by atoms with Crippen LogP contribution < -0.4 is 20.4 Å². The molecule has 0 amide bonds. The largest absolute Gasteiger partial charge is 0.511 e. The molecule has 13 heteroatoms. The number of hydrogen-bond donors (Lipinski definition) is 3. The summed E-state index contributed by atoms with van der Waals surface area (Å²) in [5, 5.41) is 12.7. The highest BCUT2D eigenvalue weighted by atomic mass is 35.5. The van der Waals surface area contributed by atoms with Crippen LogP contribution in [0.5, 0.6) is 5.75 Å². The van der Waals surface area contributed by atoms with E-state index in [9.17, 15) is 18.0 Å². The summed E-state index contributed by atoms with van der Waals surface area (Å²) in [6, 6.07) is 10.1. The number of carboxylic acid groups (broad SMARTS) is 1. The molecule has 1 aromatic heterocycles. The van der Waals surface area contributed by atoms with Crippen LogP contribution in [-0.2, 0) is 15.9 Å². The minimum Gasteiger partial charge on any atom is -0.449 e. The Bertz CT molecular complexity index is 1580. The quantitative estimate of drug-likeness (QED) is 0.289. The second-order valence-electron chi connectivity index (χ2n) is 10.3. The first-order valence-corrected chi connectivity index (χ1v) is 15.0. The van der Waals surface area contributed by atoms with Crippen molar-refractivity contribution in [1.29, 1.82) is 0 Å². The second kappa shape index (κ2) is 11.4. The zero-order chi connectivity index (χ0) is 28.6. The lowest BCUT2D eigenvalue weighted by Crippen LogP contribution is -2.40. The van der Waals surface area contributed by atoms with Gasteiger partial charge < -0.3 is 24.6 Å². The fourth-order valence-corrected chi connectivity index (χ4v) is 6.54. The molecule has 0 spiro atoms. The number of rotatable bonds is 5. The molecule has 3 heterocycles. The number of nitrogens with zero attached hydrogens (tertiary/aromatic N) is 2. The molecule has 214 valence electrons. The summed E-state index contributed by atoms with van der Waals surface area (Å²) < 4.78 is 50.7. The Morgan fingerprint density at radius 1 is 1.18 bits per heavy atom. The highest BCUT2D eigenvalue weighted by molar-refractivity contribution is 7.85. The number of anilines is 1. The molecule has 2 aromatic carbocycles. The number of benzene rings is 2. The van der Waals surface area contributed by atoms with Gasteiger partial charge in [-0.15, -0.1) is 0 Å². The molecule has 3 aromatic rings. The number of ether oxygens (including phenoxy) is 1. The molecule has 0 unspecified atom stereocenters. The molecule has 2 saturated heterocycles. The molecule has 2 aliphatic heterocycles. The van der Waals surface area contributed by atoms with E-state index >= 15 is 4.39 Å². The van der Waals surface area contributed by atoms with E-state index in [4.69, 9.17) is 21.3 Å². The Morgan fingerprint density at radius 2 is 1.90 bits per heavy atom. The van der Waals surface area contributed by atoms with Crippen LogP contribution in [0.2, 0.25) is 5.02 Å². The van der Waals surface area contributed by atoms with E-state index in [-0.39, 0.29) is 28.0 Å². The lowest BCUT2D eigenvalue weighted by molar-refractivity contribution is 0.143. The van der Waals surface area contributed by atoms with Gasteiger partial charge >= 0.3 is 6.16 Å². The van der Waals surface area contributed by atoms with Crippen molar-refractivity contribution in [2.45, 2.75) is 43.5 Å². The van der Waals surface area contributed by atoms with Crippen LogP contribution in [0.25, 0.3) is 10.9 Å². The third-order valence-electron chi connectivity index (χ3n) is 7.40. The van der Waals surface area contributed by atoms with Crippen molar-refractivity contribution >= 4 is 44.5 Å². The van der Waals surface area contributed by atoms with E-state index in [0.29, 0.717) is 41.8 Å². The van der Waals surface area contributed by atoms with Crippen LogP contribution in [0.15, 0.2) is 47.4 Å². The van der Waals surface area contributed by atoms with E-state index in [1.165, 1.54) is 12.3 Å². The minimum absolute atomic E-state index is 0.0386. The van der Waals surface area contributed by atoms with Crippen LogP contribution in [0, 0.1) is 11.7 Å². The third kappa shape index (κ3) is 6.25. The van der Waals surface area contributed by atoms with E-state index in [2.05, 4.69) is 10.1 Å². The predicted octanol–water partition coefficient (Wildman–Crippen LogP) is 4.45. The van der Waals surface area contributed by atoms with Gasteiger partial charge in [0.15, 0.2) is 5.75 Å². The highest BCUT2D eigenvalue weighted by Gasteiger charge is 2.37. The van der Waals surface area contributed by atoms with E-state index in [1.54, 1.807) is 34.9 Å². The first-order valence-electron chi connectivity index (χ1n) is 13.0. The van der Waals surface area contributed by atoms with Gasteiger partial charge in [0.1, 0.15) is 11.6 Å². The molecule has 0 bridgehead atoms. The van der Waals surface area contributed by atoms with E-state index in [0.717, 1.165) is 32.2 Å². The lowest BCUT2D eigenvalue weighted by Gasteiger charge is -2.24. The van der Waals surface area contributed by atoms with Crippen molar-refractivity contribution in [3.63, 3.8) is 0 Å². The fourth-order valence-electron chi connectivity index (χ4n) is 5.52. The Morgan fingerprint density at radius 3 is 2.52 bits per heavy atom. The number of hydrogen-bond acceptors (Lipinski definition) is 7. The van der Waals surface area contributed by atoms with Gasteiger partial charge in [-0.05, 0) is 49.8 Å². The van der Waals surface area contributed by atoms with E-state index in [1.807, 2.05) is 4.90 Å². The summed E-state index contributed by atoms with van der Waals surface area (Å²) in [5.74, 6) is -0.773. The maximum Gasteiger partial charge on any atom is 0.511 e. The summed E-state index contributed by atoms with van der Waals surface area (Å²) in [4.78, 5) is 25.7. The average molecular weight is 594 g/mol. The number of nitrogens with one attached hydrogen (secondary N) is 1. The van der Waals surface area contributed by atoms with Gasteiger partial charge in [-0.3, -0.25) is 9.35 Å². The second-order valence-corrected chi connectivity index (χ2v) is 12.2. The Balaban J connectivity index is 0.000000248. The van der Waals surface area contributed by atoms with Gasteiger partial charge in [-0.1, -0.05) is 41.9 Å². The summed E-state index contributed by atoms with van der Waals surface area (Å²) in [6.07, 6.45) is 3.77. The topological polar surface area (TPSA) is 138 Å². The summed E-state index contributed by atoms with van der Waals surface area (Å²) in [7, 11) is -3.88. The van der Waals surface area contributed by atoms with E-state index < -0.39 is 27.5 Å². The van der Waals surface area contributed by atoms with Crippen molar-refractivity contribution in [2.75, 3.05) is 24.5 Å². The molecule has 1 saturated carbocycles. The van der Waals surface area contributed by atoms with Crippen molar-refractivity contribution in [1.82, 2.24) is 9.88 Å². The Labute approximate surface area is 235 Å². The molecular weight excluding hydrogens is 565 g/mol. The van der Waals surface area contributed by atoms with Gasteiger partial charge in [0.05, 0.1) is 27.8 Å². The van der Waals surface area contributed by atoms with Gasteiger partial charge in [0.25, 0.3) is 10.1 Å². The maximum atomic E-state index is 15.2. The van der Waals surface area contributed by atoms with Gasteiger partial charge in [0.2, 0.25) is 5.43 Å². The molecule has 40 heavy (non-hydrogen) atoms. The van der Waals surface area contributed by atoms with Gasteiger partial charge in [0, 0.05) is 25.2 Å². The van der Waals surface area contributed by atoms with Crippen molar-refractivity contribution in [3.8, 4) is 5.75 Å². The predicted molar refractivity (Wildman–Crippen MR) is 149 cm³/mol. The third-order valence-corrected chi connectivity index (χ3v) is 8.45. The Hall–Kier alpha value is -3.19. The first kappa shape index (κ1) is 28.3. The van der Waals surface area contributed by atoms with Crippen LogP contribution in [-0.4, -0.2) is 54.5 Å². The molecule has 10 nitrogen and oxygen atoms in total. The fraction of sp³-hybridized carbons (Fsp3) is 0.407. The summed E-state index contributed by atoms with van der Waals surface area (Å²) in [6.45, 7) is 2.35. The van der Waals surface area contributed by atoms with Gasteiger partial charge in [-0.2, -0.15) is 8.42 Å². The van der Waals surface area contributed by atoms with Crippen molar-refractivity contribution in [3.05, 3.63) is 69.2 Å². The number of halogens is 2. The number of carbonyl (C=O) groups is 1. The summed E-state index contributed by atoms with van der Waals surface area (Å²) >= 11 is 6.71. The SMILES string of the molecule is O=C(O)Oc1cn(C2CC2)c2c(Cl)c(N3C[C@@H]4CCCN[C@@H]4C3)c(F)cc2c1=O.O=S(=O)(O)Cc1ccccc1. The highest BCUT2D eigenvalue weighted by Crippen LogP contribution is 2.44. The normalized spacial score (nSPS) is 20.5. The molecule has 2 atom stereocenters. The average Bonchev–Trinajstić information content (AvgIpc) is 3.64. The zero-order valence-electron chi connectivity index (χ0n) is 21.4. The number of piperidine rings is 1. The number of pyridine rings is 1. The maximum absolute atomic E-state index is 15.2. The molecule has 6 rings (SSSR count). The van der Waals surface area contributed by atoms with Crippen LogP contribution >= 0.6 is 11.6 Å². The number of aromatic nitrogens is 1. The molecule has 3 N–H and O–H groups in total. The molecule has 0 radical (unpaired) electrons. The van der Waals surface area contributed by atoms with Crippen molar-refractivity contribution in [2.24, 2.45) is 5.92 Å². The molecule has 1 aliphatic carbocycles. The monoisotopic (exact) mass is 593 g/mol. The molecule has 3 fully saturated rings. The smallest absolute Gasteiger partial charge is 0.449 e.